The van der Waals surface area contributed by atoms with Gasteiger partial charge < -0.3 is 0 Å². The molecule has 0 bridgehead atoms. The molecule has 0 saturated carbocycles. The van der Waals surface area contributed by atoms with Crippen molar-refractivity contribution in [3.63, 3.8) is 0 Å². The Bertz CT molecular complexity index is 610. The smallest absolute Gasteiger partial charge is 0.00884 e. The van der Waals surface area contributed by atoms with Gasteiger partial charge in [-0.05, 0) is 48.4 Å². The minimum atomic E-state index is 0.756. The maximum Gasteiger partial charge on any atom is -0.00884 e. The Labute approximate surface area is 130 Å². The van der Waals surface area contributed by atoms with E-state index in [4.69, 9.17) is 0 Å². The Morgan fingerprint density at radius 2 is 2.05 bits per heavy atom. The quantitative estimate of drug-likeness (QED) is 0.432. The predicted octanol–water partition coefficient (Wildman–Crippen LogP) is 6.20. The normalized spacial score (nSPS) is 15.3. The molecule has 1 aromatic carbocycles. The highest BCUT2D eigenvalue weighted by Gasteiger charge is 2.04. The monoisotopic (exact) mass is 294 g/mol. The average molecular weight is 294 g/mol. The summed E-state index contributed by atoms with van der Waals surface area (Å²) in [7, 11) is 0.756. The van der Waals surface area contributed by atoms with E-state index in [0.29, 0.717) is 0 Å². The zero-order valence-corrected chi connectivity index (χ0v) is 13.9. The van der Waals surface area contributed by atoms with Gasteiger partial charge in [0.2, 0.25) is 0 Å². The van der Waals surface area contributed by atoms with Crippen LogP contribution in [0.3, 0.4) is 0 Å². The molecule has 0 heterocycles. The first kappa shape index (κ1) is 15.7. The van der Waals surface area contributed by atoms with Gasteiger partial charge in [0.15, 0.2) is 0 Å². The maximum absolute atomic E-state index is 4.24. The second-order valence-corrected chi connectivity index (χ2v) is 6.58. The van der Waals surface area contributed by atoms with Gasteiger partial charge in [0.25, 0.3) is 0 Å². The fourth-order valence-corrected chi connectivity index (χ4v) is 3.20. The third-order valence-corrected chi connectivity index (χ3v) is 4.98. The minimum absolute atomic E-state index is 0.756. The highest BCUT2D eigenvalue weighted by molar-refractivity contribution is 7.50. The van der Waals surface area contributed by atoms with Gasteiger partial charge in [-0.3, -0.25) is 0 Å². The summed E-state index contributed by atoms with van der Waals surface area (Å²) in [5, 5.41) is 1.24. The van der Waals surface area contributed by atoms with Gasteiger partial charge in [-0.25, -0.2) is 0 Å². The number of hydrogen-bond donors (Lipinski definition) is 0. The van der Waals surface area contributed by atoms with E-state index in [1.54, 1.807) is 0 Å². The average Bonchev–Trinajstić information content (AvgIpc) is 3.05. The summed E-state index contributed by atoms with van der Waals surface area (Å²) in [6.45, 7) is 8.47. The first-order valence-electron chi connectivity index (χ1n) is 7.38. The van der Waals surface area contributed by atoms with E-state index < -0.39 is 0 Å². The van der Waals surface area contributed by atoms with Crippen molar-refractivity contribution >= 4 is 19.5 Å². The molecule has 1 aliphatic carbocycles. The van der Waals surface area contributed by atoms with Crippen molar-refractivity contribution in [2.24, 2.45) is 0 Å². The van der Waals surface area contributed by atoms with Crippen molar-refractivity contribution in [1.82, 2.24) is 0 Å². The van der Waals surface area contributed by atoms with Crippen LogP contribution < -0.4 is 0 Å². The van der Waals surface area contributed by atoms with E-state index in [2.05, 4.69) is 74.2 Å². The van der Waals surface area contributed by atoms with E-state index in [1.807, 2.05) is 6.92 Å². The van der Waals surface area contributed by atoms with E-state index in [-0.39, 0.29) is 0 Å². The molecule has 0 radical (unpaired) electrons. The molecule has 108 valence electrons. The van der Waals surface area contributed by atoms with Gasteiger partial charge in [-0.2, -0.15) is 0 Å². The van der Waals surface area contributed by atoms with E-state index in [1.165, 1.54) is 27.6 Å². The van der Waals surface area contributed by atoms with Gasteiger partial charge in [0, 0.05) is 0 Å². The van der Waals surface area contributed by atoms with Crippen LogP contribution in [-0.4, -0.2) is 6.16 Å². The molecule has 0 spiro atoms. The second kappa shape index (κ2) is 7.96. The van der Waals surface area contributed by atoms with E-state index >= 15 is 0 Å². The summed E-state index contributed by atoms with van der Waals surface area (Å²) in [6, 6.07) is 8.84. The lowest BCUT2D eigenvalue weighted by Gasteiger charge is -2.08. The predicted molar refractivity (Wildman–Crippen MR) is 99.0 cm³/mol. The number of hydrogen-bond acceptors (Lipinski definition) is 0. The summed E-state index contributed by atoms with van der Waals surface area (Å²) in [5.41, 5.74) is 5.40. The Hall–Kier alpha value is -1.65. The molecule has 0 saturated heterocycles. The number of rotatable bonds is 6. The van der Waals surface area contributed by atoms with Crippen molar-refractivity contribution < 1.29 is 0 Å². The molecule has 1 atom stereocenters. The third kappa shape index (κ3) is 4.69. The highest BCUT2D eigenvalue weighted by atomic mass is 31.1. The molecular weight excluding hydrogens is 271 g/mol. The molecule has 0 N–H and O–H groups in total. The van der Waals surface area contributed by atoms with Gasteiger partial charge in [-0.1, -0.05) is 81.5 Å². The van der Waals surface area contributed by atoms with Crippen LogP contribution >= 0.6 is 8.58 Å². The number of allylic oxidation sites excluding steroid dienone is 8. The molecule has 1 unspecified atom stereocenters. The van der Waals surface area contributed by atoms with Crippen LogP contribution in [0.25, 0.3) is 10.9 Å². The van der Waals surface area contributed by atoms with Crippen molar-refractivity contribution in [3.05, 3.63) is 84.0 Å². The standard InChI is InChI=1S/C20H23P/c1-4-5-8-16(2)15-21-17(3)18-11-13-20(14-12-18)19-9-6-7-10-19/h4-9,11-14,21H,3,10,15H2,1-2H3/b5-4-,16-8+. The van der Waals surface area contributed by atoms with Gasteiger partial charge in [0.05, 0.1) is 0 Å². The van der Waals surface area contributed by atoms with Crippen LogP contribution in [0.5, 0.6) is 0 Å². The molecule has 1 aromatic rings. The van der Waals surface area contributed by atoms with Crippen LogP contribution in [0.4, 0.5) is 0 Å². The summed E-state index contributed by atoms with van der Waals surface area (Å²) >= 11 is 0. The molecule has 0 amide bonds. The van der Waals surface area contributed by atoms with Crippen molar-refractivity contribution in [1.29, 1.82) is 0 Å². The largest absolute Gasteiger partial charge is 0.0910 e. The molecule has 1 aliphatic rings. The lowest BCUT2D eigenvalue weighted by molar-refractivity contribution is 1.40. The fraction of sp³-hybridized carbons (Fsp3) is 0.200. The first-order chi connectivity index (χ1) is 10.2. The van der Waals surface area contributed by atoms with Gasteiger partial charge >= 0.3 is 0 Å². The Balaban J connectivity index is 1.94. The van der Waals surface area contributed by atoms with E-state index in [0.717, 1.165) is 21.2 Å². The molecule has 0 fully saturated rings. The van der Waals surface area contributed by atoms with Crippen LogP contribution in [0.15, 0.2) is 72.9 Å². The summed E-state index contributed by atoms with van der Waals surface area (Å²) in [4.78, 5) is 0. The van der Waals surface area contributed by atoms with Gasteiger partial charge in [-0.15, -0.1) is 0 Å². The molecule has 1 heteroatoms. The third-order valence-electron chi connectivity index (χ3n) is 3.53. The van der Waals surface area contributed by atoms with Crippen molar-refractivity contribution in [3.8, 4) is 0 Å². The summed E-state index contributed by atoms with van der Waals surface area (Å²) in [5.74, 6) is 0. The molecule has 0 aliphatic heterocycles. The summed E-state index contributed by atoms with van der Waals surface area (Å²) in [6.07, 6.45) is 15.0. The van der Waals surface area contributed by atoms with Crippen molar-refractivity contribution in [2.75, 3.05) is 6.16 Å². The molecule has 0 aromatic heterocycles. The molecule has 2 rings (SSSR count). The molecular formula is C20H23P. The molecule has 21 heavy (non-hydrogen) atoms. The Morgan fingerprint density at radius 3 is 2.67 bits per heavy atom. The van der Waals surface area contributed by atoms with Crippen LogP contribution in [0.2, 0.25) is 0 Å². The van der Waals surface area contributed by atoms with Gasteiger partial charge in [0.1, 0.15) is 0 Å². The van der Waals surface area contributed by atoms with Crippen LogP contribution in [0.1, 0.15) is 31.4 Å². The topological polar surface area (TPSA) is 0 Å². The first-order valence-corrected chi connectivity index (χ1v) is 8.59. The van der Waals surface area contributed by atoms with Crippen LogP contribution in [-0.2, 0) is 0 Å². The lowest BCUT2D eigenvalue weighted by atomic mass is 10.0. The van der Waals surface area contributed by atoms with Crippen LogP contribution in [0, 0.1) is 0 Å². The zero-order valence-electron chi connectivity index (χ0n) is 12.9. The van der Waals surface area contributed by atoms with E-state index in [9.17, 15) is 0 Å². The SMILES string of the molecule is C=C(PC/C(C)=C/C=C\C)c1ccc(C2=CC=CC2)cc1. The summed E-state index contributed by atoms with van der Waals surface area (Å²) < 4.78 is 0. The minimum Gasteiger partial charge on any atom is -0.0910 e. The highest BCUT2D eigenvalue weighted by Crippen LogP contribution is 2.34. The second-order valence-electron chi connectivity index (χ2n) is 5.27. The van der Waals surface area contributed by atoms with Crippen molar-refractivity contribution in [2.45, 2.75) is 20.3 Å². The molecule has 0 nitrogen and oxygen atoms in total. The fourth-order valence-electron chi connectivity index (χ4n) is 2.21. The number of benzene rings is 1. The Kier molecular flexibility index (Phi) is 5.96. The lowest BCUT2D eigenvalue weighted by Crippen LogP contribution is -1.85. The Morgan fingerprint density at radius 1 is 1.29 bits per heavy atom. The zero-order chi connectivity index (χ0) is 15.1. The maximum atomic E-state index is 4.24.